The van der Waals surface area contributed by atoms with Gasteiger partial charge in [-0.05, 0) is 84.1 Å². The van der Waals surface area contributed by atoms with Crippen LogP contribution in [-0.4, -0.2) is 0 Å². The van der Waals surface area contributed by atoms with Crippen LogP contribution in [0.3, 0.4) is 0 Å². The van der Waals surface area contributed by atoms with Gasteiger partial charge in [-0.1, -0.05) is 140 Å². The number of hydrogen-bond acceptors (Lipinski definition) is 1. The molecule has 8 aromatic carbocycles. The van der Waals surface area contributed by atoms with Crippen molar-refractivity contribution in [3.05, 3.63) is 158 Å². The topological polar surface area (TPSA) is 9.23 Å². The summed E-state index contributed by atoms with van der Waals surface area (Å²) in [5, 5.41) is 7.41. The van der Waals surface area contributed by atoms with Gasteiger partial charge >= 0.3 is 0 Å². The molecule has 0 fully saturated rings. The highest BCUT2D eigenvalue weighted by molar-refractivity contribution is 6.22. The van der Waals surface area contributed by atoms with Crippen LogP contribution in [0.1, 0.15) is 0 Å². The molecule has 0 amide bonds. The Hall–Kier alpha value is -5.66. The first kappa shape index (κ1) is 24.0. The second-order valence-electron chi connectivity index (χ2n) is 11.2. The molecule has 0 aliphatic carbocycles. The Balaban J connectivity index is 1.30. The van der Waals surface area contributed by atoms with Crippen LogP contribution in [0, 0.1) is 0 Å². The summed E-state index contributed by atoms with van der Waals surface area (Å²) in [6.07, 6.45) is 0. The first-order chi connectivity index (χ1) is 21.3. The van der Waals surface area contributed by atoms with E-state index in [2.05, 4.69) is 158 Å². The summed E-state index contributed by atoms with van der Waals surface area (Å²) in [5.74, 6) is 1.81. The van der Waals surface area contributed by atoms with Gasteiger partial charge in [0.1, 0.15) is 11.5 Å². The number of hydrogen-bond donors (Lipinski definition) is 0. The van der Waals surface area contributed by atoms with Crippen molar-refractivity contribution in [3.8, 4) is 56.0 Å². The molecular formula is C42H26O. The fraction of sp³-hybridized carbons (Fsp3) is 0. The summed E-state index contributed by atoms with van der Waals surface area (Å²) in [5.41, 5.74) is 9.68. The van der Waals surface area contributed by atoms with E-state index in [0.29, 0.717) is 0 Å². The van der Waals surface area contributed by atoms with Crippen LogP contribution < -0.4 is 4.74 Å². The number of rotatable bonds is 3. The molecule has 43 heavy (non-hydrogen) atoms. The highest BCUT2D eigenvalue weighted by Gasteiger charge is 2.22. The fourth-order valence-corrected chi connectivity index (χ4v) is 7.02. The molecular weight excluding hydrogens is 520 g/mol. The van der Waals surface area contributed by atoms with Crippen LogP contribution in [0.5, 0.6) is 11.5 Å². The highest BCUT2D eigenvalue weighted by Crippen LogP contribution is 2.49. The molecule has 1 nitrogen and oxygen atoms in total. The molecule has 1 heterocycles. The third kappa shape index (κ3) is 3.65. The second kappa shape index (κ2) is 9.44. The van der Waals surface area contributed by atoms with Gasteiger partial charge in [0.05, 0.1) is 0 Å². The van der Waals surface area contributed by atoms with Crippen LogP contribution in [0.2, 0.25) is 0 Å². The number of benzene rings is 8. The molecule has 0 unspecified atom stereocenters. The SMILES string of the molecule is c1ccc(-c2c3ccccc3c(-c3ccccc3-c3ccc4c(c3)Oc3cccc5cccc-4c35)c3ccccc23)cc1. The van der Waals surface area contributed by atoms with Crippen molar-refractivity contribution in [1.29, 1.82) is 0 Å². The van der Waals surface area contributed by atoms with Crippen molar-refractivity contribution in [3.63, 3.8) is 0 Å². The monoisotopic (exact) mass is 546 g/mol. The van der Waals surface area contributed by atoms with Crippen LogP contribution in [-0.2, 0) is 0 Å². The van der Waals surface area contributed by atoms with Gasteiger partial charge in [0.25, 0.3) is 0 Å². The summed E-state index contributed by atoms with van der Waals surface area (Å²) in [6.45, 7) is 0. The maximum atomic E-state index is 6.56. The molecule has 0 saturated heterocycles. The Labute approximate surface area is 250 Å². The standard InChI is InChI=1S/C42H26O/c1-2-12-27(13-3-1)40-34-18-6-8-20-36(34)42(37-21-9-7-19-35(37)40)32-17-5-4-16-30(32)29-24-25-31-33-22-10-14-28-15-11-23-38(41(28)33)43-39(31)26-29/h1-26H. The molecule has 0 aromatic heterocycles. The lowest BCUT2D eigenvalue weighted by atomic mass is 9.83. The summed E-state index contributed by atoms with van der Waals surface area (Å²) in [7, 11) is 0. The van der Waals surface area contributed by atoms with E-state index in [4.69, 9.17) is 4.74 Å². The average Bonchev–Trinajstić information content (AvgIpc) is 3.07. The van der Waals surface area contributed by atoms with Crippen molar-refractivity contribution in [1.82, 2.24) is 0 Å². The van der Waals surface area contributed by atoms with E-state index in [1.165, 1.54) is 65.7 Å². The second-order valence-corrected chi connectivity index (χ2v) is 11.2. The van der Waals surface area contributed by atoms with E-state index in [9.17, 15) is 0 Å². The Morgan fingerprint density at radius 2 is 0.907 bits per heavy atom. The van der Waals surface area contributed by atoms with Gasteiger partial charge < -0.3 is 4.74 Å². The quantitative estimate of drug-likeness (QED) is 0.200. The predicted octanol–water partition coefficient (Wildman–Crippen LogP) is 11.9. The average molecular weight is 547 g/mol. The van der Waals surface area contributed by atoms with Crippen molar-refractivity contribution < 1.29 is 4.74 Å². The number of ether oxygens (including phenoxy) is 1. The molecule has 1 aliphatic heterocycles. The first-order valence-corrected chi connectivity index (χ1v) is 14.8. The maximum absolute atomic E-state index is 6.56. The molecule has 0 radical (unpaired) electrons. The summed E-state index contributed by atoms with van der Waals surface area (Å²) in [6, 6.07) is 56.7. The Kier molecular flexibility index (Phi) is 5.27. The molecule has 8 aromatic rings. The Bertz CT molecular complexity index is 2300. The summed E-state index contributed by atoms with van der Waals surface area (Å²) < 4.78 is 6.56. The molecule has 200 valence electrons. The zero-order valence-corrected chi connectivity index (χ0v) is 23.4. The zero-order chi connectivity index (χ0) is 28.3. The molecule has 9 rings (SSSR count). The minimum atomic E-state index is 0.896. The van der Waals surface area contributed by atoms with Crippen LogP contribution >= 0.6 is 0 Å². The third-order valence-corrected chi connectivity index (χ3v) is 8.86. The molecule has 0 bridgehead atoms. The highest BCUT2D eigenvalue weighted by atomic mass is 16.5. The van der Waals surface area contributed by atoms with Gasteiger partial charge in [0.15, 0.2) is 0 Å². The predicted molar refractivity (Wildman–Crippen MR) is 181 cm³/mol. The number of fused-ring (bicyclic) bond motifs is 4. The minimum Gasteiger partial charge on any atom is -0.456 e. The van der Waals surface area contributed by atoms with Gasteiger partial charge in [-0.2, -0.15) is 0 Å². The van der Waals surface area contributed by atoms with E-state index in [0.717, 1.165) is 22.6 Å². The molecule has 0 N–H and O–H groups in total. The minimum absolute atomic E-state index is 0.896. The maximum Gasteiger partial charge on any atom is 0.135 e. The summed E-state index contributed by atoms with van der Waals surface area (Å²) in [4.78, 5) is 0. The third-order valence-electron chi connectivity index (χ3n) is 8.86. The van der Waals surface area contributed by atoms with Crippen molar-refractivity contribution >= 4 is 32.3 Å². The van der Waals surface area contributed by atoms with Gasteiger partial charge in [-0.3, -0.25) is 0 Å². The van der Waals surface area contributed by atoms with E-state index in [-0.39, 0.29) is 0 Å². The molecule has 0 spiro atoms. The normalized spacial score (nSPS) is 11.9. The Morgan fingerprint density at radius 1 is 0.326 bits per heavy atom. The van der Waals surface area contributed by atoms with Crippen LogP contribution in [0.4, 0.5) is 0 Å². The van der Waals surface area contributed by atoms with E-state index >= 15 is 0 Å². The molecule has 0 atom stereocenters. The van der Waals surface area contributed by atoms with E-state index < -0.39 is 0 Å². The van der Waals surface area contributed by atoms with E-state index in [1.807, 2.05) is 0 Å². The largest absolute Gasteiger partial charge is 0.456 e. The first-order valence-electron chi connectivity index (χ1n) is 14.8. The van der Waals surface area contributed by atoms with Crippen molar-refractivity contribution in [2.24, 2.45) is 0 Å². The van der Waals surface area contributed by atoms with Crippen molar-refractivity contribution in [2.75, 3.05) is 0 Å². The lowest BCUT2D eigenvalue weighted by Crippen LogP contribution is -1.97. The zero-order valence-electron chi connectivity index (χ0n) is 23.4. The summed E-state index contributed by atoms with van der Waals surface area (Å²) >= 11 is 0. The van der Waals surface area contributed by atoms with Gasteiger partial charge in [0.2, 0.25) is 0 Å². The van der Waals surface area contributed by atoms with Gasteiger partial charge in [-0.15, -0.1) is 0 Å². The smallest absolute Gasteiger partial charge is 0.135 e. The lowest BCUT2D eigenvalue weighted by molar-refractivity contribution is 0.487. The van der Waals surface area contributed by atoms with Gasteiger partial charge in [0, 0.05) is 10.9 Å². The van der Waals surface area contributed by atoms with Crippen molar-refractivity contribution in [2.45, 2.75) is 0 Å². The fourth-order valence-electron chi connectivity index (χ4n) is 7.02. The molecule has 0 saturated carbocycles. The van der Waals surface area contributed by atoms with Crippen LogP contribution in [0.15, 0.2) is 158 Å². The van der Waals surface area contributed by atoms with Crippen LogP contribution in [0.25, 0.3) is 76.8 Å². The van der Waals surface area contributed by atoms with Gasteiger partial charge in [-0.25, -0.2) is 0 Å². The Morgan fingerprint density at radius 3 is 1.63 bits per heavy atom. The lowest BCUT2D eigenvalue weighted by Gasteiger charge is -2.23. The molecule has 1 aliphatic rings. The molecule has 1 heteroatoms. The van der Waals surface area contributed by atoms with E-state index in [1.54, 1.807) is 0 Å².